The molecule has 1 aromatic rings. The van der Waals surface area contributed by atoms with E-state index in [-0.39, 0.29) is 23.6 Å². The van der Waals surface area contributed by atoms with Crippen LogP contribution < -0.4 is 5.32 Å². The van der Waals surface area contributed by atoms with E-state index in [4.69, 9.17) is 0 Å². The normalized spacial score (nSPS) is 17.4. The van der Waals surface area contributed by atoms with Gasteiger partial charge in [-0.25, -0.2) is 0 Å². The summed E-state index contributed by atoms with van der Waals surface area (Å²) in [4.78, 5) is 39.1. The van der Waals surface area contributed by atoms with Gasteiger partial charge in [0.05, 0.1) is 0 Å². The highest BCUT2D eigenvalue weighted by Gasteiger charge is 2.23. The number of thioether (sulfide) groups is 1. The first-order valence-electron chi connectivity index (χ1n) is 8.20. The first-order valence-corrected chi connectivity index (χ1v) is 9.18. The van der Waals surface area contributed by atoms with E-state index in [1.165, 1.54) is 11.8 Å². The number of nitrogens with one attached hydrogen (secondary N) is 1. The van der Waals surface area contributed by atoms with Gasteiger partial charge in [-0.3, -0.25) is 14.4 Å². The van der Waals surface area contributed by atoms with E-state index in [0.29, 0.717) is 18.7 Å². The molecule has 2 fully saturated rings. The Labute approximate surface area is 145 Å². The molecule has 24 heavy (non-hydrogen) atoms. The molecule has 0 spiro atoms. The Balaban J connectivity index is 1.48. The van der Waals surface area contributed by atoms with Crippen molar-refractivity contribution in [3.63, 3.8) is 0 Å². The zero-order valence-corrected chi connectivity index (χ0v) is 14.3. The molecule has 1 N–H and O–H groups in total. The lowest BCUT2D eigenvalue weighted by molar-refractivity contribution is -0.121. The van der Waals surface area contributed by atoms with Gasteiger partial charge in [0.1, 0.15) is 6.54 Å². The molecular weight excluding hydrogens is 326 g/mol. The van der Waals surface area contributed by atoms with Crippen LogP contribution in [0.5, 0.6) is 0 Å². The Morgan fingerprint density at radius 1 is 1.08 bits per heavy atom. The zero-order valence-electron chi connectivity index (χ0n) is 13.5. The number of benzene rings is 1. The van der Waals surface area contributed by atoms with E-state index in [9.17, 15) is 14.4 Å². The standard InChI is InChI=1S/C17H21N3O3S/c21-15(12-20-9-10-24-17(20)23)18-11-13-3-5-14(6-4-13)16(22)19-7-1-2-8-19/h3-6H,1-2,7-12H2,(H,18,21). The van der Waals surface area contributed by atoms with Crippen molar-refractivity contribution in [1.82, 2.24) is 15.1 Å². The maximum Gasteiger partial charge on any atom is 0.282 e. The number of carbonyl (C=O) groups is 3. The summed E-state index contributed by atoms with van der Waals surface area (Å²) in [5.74, 6) is 0.662. The van der Waals surface area contributed by atoms with Crippen LogP contribution >= 0.6 is 11.8 Å². The van der Waals surface area contributed by atoms with Crippen molar-refractivity contribution in [3.8, 4) is 0 Å². The summed E-state index contributed by atoms with van der Waals surface area (Å²) in [7, 11) is 0. The van der Waals surface area contributed by atoms with Crippen molar-refractivity contribution in [2.75, 3.05) is 31.9 Å². The highest BCUT2D eigenvalue weighted by molar-refractivity contribution is 8.13. The van der Waals surface area contributed by atoms with Crippen LogP contribution in [0.4, 0.5) is 4.79 Å². The van der Waals surface area contributed by atoms with E-state index in [0.717, 1.165) is 37.2 Å². The Kier molecular flexibility index (Phi) is 5.40. The molecule has 0 aromatic heterocycles. The molecule has 0 unspecified atom stereocenters. The van der Waals surface area contributed by atoms with E-state index < -0.39 is 0 Å². The minimum Gasteiger partial charge on any atom is -0.350 e. The van der Waals surface area contributed by atoms with Crippen molar-refractivity contribution in [3.05, 3.63) is 35.4 Å². The second-order valence-corrected chi connectivity index (χ2v) is 7.06. The second kappa shape index (κ2) is 7.70. The van der Waals surface area contributed by atoms with Gasteiger partial charge in [0, 0.05) is 37.5 Å². The molecule has 0 bridgehead atoms. The van der Waals surface area contributed by atoms with E-state index in [1.807, 2.05) is 29.2 Å². The summed E-state index contributed by atoms with van der Waals surface area (Å²) in [6, 6.07) is 7.34. The summed E-state index contributed by atoms with van der Waals surface area (Å²) >= 11 is 1.25. The molecule has 2 aliphatic rings. The van der Waals surface area contributed by atoms with Gasteiger partial charge in [0.25, 0.3) is 11.1 Å². The van der Waals surface area contributed by atoms with E-state index in [2.05, 4.69) is 5.32 Å². The monoisotopic (exact) mass is 347 g/mol. The fraction of sp³-hybridized carbons (Fsp3) is 0.471. The van der Waals surface area contributed by atoms with Gasteiger partial charge in [0.15, 0.2) is 0 Å². The number of amides is 3. The second-order valence-electron chi connectivity index (χ2n) is 6.01. The number of carbonyl (C=O) groups excluding carboxylic acids is 3. The molecule has 2 saturated heterocycles. The highest BCUT2D eigenvalue weighted by atomic mass is 32.2. The predicted molar refractivity (Wildman–Crippen MR) is 92.9 cm³/mol. The zero-order chi connectivity index (χ0) is 16.9. The fourth-order valence-corrected chi connectivity index (χ4v) is 3.69. The van der Waals surface area contributed by atoms with Crippen LogP contribution in [-0.2, 0) is 11.3 Å². The number of hydrogen-bond acceptors (Lipinski definition) is 4. The molecule has 3 rings (SSSR count). The number of rotatable bonds is 5. The van der Waals surface area contributed by atoms with Gasteiger partial charge >= 0.3 is 0 Å². The van der Waals surface area contributed by atoms with Crippen LogP contribution in [0.15, 0.2) is 24.3 Å². The van der Waals surface area contributed by atoms with Gasteiger partial charge in [0.2, 0.25) is 5.91 Å². The lowest BCUT2D eigenvalue weighted by Gasteiger charge is -2.16. The third-order valence-electron chi connectivity index (χ3n) is 4.26. The molecule has 128 valence electrons. The number of likely N-dealkylation sites (tertiary alicyclic amines) is 1. The van der Waals surface area contributed by atoms with E-state index in [1.54, 1.807) is 4.90 Å². The molecule has 7 heteroatoms. The van der Waals surface area contributed by atoms with Crippen LogP contribution in [-0.4, -0.2) is 58.8 Å². The molecule has 0 atom stereocenters. The average Bonchev–Trinajstić information content (AvgIpc) is 3.25. The molecule has 0 radical (unpaired) electrons. The minimum atomic E-state index is -0.164. The average molecular weight is 347 g/mol. The predicted octanol–water partition coefficient (Wildman–Crippen LogP) is 1.71. The van der Waals surface area contributed by atoms with Crippen molar-refractivity contribution >= 4 is 28.8 Å². The molecule has 2 heterocycles. The summed E-state index contributed by atoms with van der Waals surface area (Å²) in [5, 5.41) is 2.78. The van der Waals surface area contributed by atoms with Crippen LogP contribution in [0.2, 0.25) is 0 Å². The quantitative estimate of drug-likeness (QED) is 0.880. The fourth-order valence-electron chi connectivity index (χ4n) is 2.87. The summed E-state index contributed by atoms with van der Waals surface area (Å²) in [5.41, 5.74) is 1.62. The van der Waals surface area contributed by atoms with Crippen molar-refractivity contribution in [2.45, 2.75) is 19.4 Å². The summed E-state index contributed by atoms with van der Waals surface area (Å²) in [6.45, 7) is 2.81. The topological polar surface area (TPSA) is 69.7 Å². The Morgan fingerprint density at radius 2 is 1.79 bits per heavy atom. The summed E-state index contributed by atoms with van der Waals surface area (Å²) in [6.07, 6.45) is 2.15. The third-order valence-corrected chi connectivity index (χ3v) is 5.16. The lowest BCUT2D eigenvalue weighted by Crippen LogP contribution is -2.36. The van der Waals surface area contributed by atoms with Crippen molar-refractivity contribution in [1.29, 1.82) is 0 Å². The minimum absolute atomic E-state index is 0.0325. The Bertz CT molecular complexity index is 626. The van der Waals surface area contributed by atoms with Gasteiger partial charge in [-0.1, -0.05) is 23.9 Å². The third kappa shape index (κ3) is 4.08. The first kappa shape index (κ1) is 16.8. The van der Waals surface area contributed by atoms with Crippen molar-refractivity contribution in [2.24, 2.45) is 0 Å². The highest BCUT2D eigenvalue weighted by Crippen LogP contribution is 2.16. The lowest BCUT2D eigenvalue weighted by atomic mass is 10.1. The van der Waals surface area contributed by atoms with Crippen LogP contribution in [0, 0.1) is 0 Å². The number of nitrogens with zero attached hydrogens (tertiary/aromatic N) is 2. The van der Waals surface area contributed by atoms with Crippen LogP contribution in [0.1, 0.15) is 28.8 Å². The maximum absolute atomic E-state index is 12.3. The van der Waals surface area contributed by atoms with Gasteiger partial charge in [-0.05, 0) is 30.5 Å². The molecule has 0 saturated carbocycles. The molecule has 0 aliphatic carbocycles. The summed E-state index contributed by atoms with van der Waals surface area (Å²) < 4.78 is 0. The van der Waals surface area contributed by atoms with Crippen LogP contribution in [0.25, 0.3) is 0 Å². The molecular formula is C17H21N3O3S. The van der Waals surface area contributed by atoms with Gasteiger partial charge in [-0.2, -0.15) is 0 Å². The van der Waals surface area contributed by atoms with Gasteiger partial charge < -0.3 is 15.1 Å². The van der Waals surface area contributed by atoms with Crippen molar-refractivity contribution < 1.29 is 14.4 Å². The smallest absolute Gasteiger partial charge is 0.282 e. The largest absolute Gasteiger partial charge is 0.350 e. The molecule has 1 aromatic carbocycles. The van der Waals surface area contributed by atoms with Gasteiger partial charge in [-0.15, -0.1) is 0 Å². The first-order chi connectivity index (χ1) is 11.6. The maximum atomic E-state index is 12.3. The molecule has 6 nitrogen and oxygen atoms in total. The number of hydrogen-bond donors (Lipinski definition) is 1. The van der Waals surface area contributed by atoms with E-state index >= 15 is 0 Å². The Hall–Kier alpha value is -2.02. The SMILES string of the molecule is O=C(CN1CCSC1=O)NCc1ccc(C(=O)N2CCCC2)cc1. The molecule has 2 aliphatic heterocycles. The Morgan fingerprint density at radius 3 is 2.42 bits per heavy atom. The van der Waals surface area contributed by atoms with Crippen LogP contribution in [0.3, 0.4) is 0 Å². The molecule has 3 amide bonds.